The lowest BCUT2D eigenvalue weighted by atomic mass is 10.2. The minimum atomic E-state index is 0.0165. The van der Waals surface area contributed by atoms with Gasteiger partial charge >= 0.3 is 0 Å². The molecule has 72 valence electrons. The second kappa shape index (κ2) is 3.41. The third-order valence-electron chi connectivity index (χ3n) is 1.96. The molecule has 1 atom stereocenters. The van der Waals surface area contributed by atoms with Crippen LogP contribution in [0, 0.1) is 0 Å². The average molecular weight is 190 g/mol. The summed E-state index contributed by atoms with van der Waals surface area (Å²) in [6.07, 6.45) is 4.76. The van der Waals surface area contributed by atoms with Crippen LogP contribution in [0.3, 0.4) is 0 Å². The van der Waals surface area contributed by atoms with Gasteiger partial charge in [0.2, 0.25) is 5.95 Å². The maximum Gasteiger partial charge on any atom is 0.220 e. The van der Waals surface area contributed by atoms with Gasteiger partial charge in [-0.2, -0.15) is 5.10 Å². The Morgan fingerprint density at radius 3 is 3.00 bits per heavy atom. The summed E-state index contributed by atoms with van der Waals surface area (Å²) in [7, 11) is 0. The minimum Gasteiger partial charge on any atom is -0.368 e. The molecule has 0 aromatic carbocycles. The van der Waals surface area contributed by atoms with Crippen molar-refractivity contribution in [2.24, 2.45) is 0 Å². The van der Waals surface area contributed by atoms with E-state index < -0.39 is 0 Å². The van der Waals surface area contributed by atoms with Crippen molar-refractivity contribution in [3.05, 3.63) is 30.6 Å². The van der Waals surface area contributed by atoms with Gasteiger partial charge in [-0.25, -0.2) is 19.6 Å². The Morgan fingerprint density at radius 2 is 2.36 bits per heavy atom. The van der Waals surface area contributed by atoms with Gasteiger partial charge in [-0.3, -0.25) is 0 Å². The number of rotatable bonds is 2. The number of anilines is 1. The van der Waals surface area contributed by atoms with E-state index in [1.54, 1.807) is 17.2 Å². The first-order valence-corrected chi connectivity index (χ1v) is 4.20. The Morgan fingerprint density at radius 1 is 1.50 bits per heavy atom. The van der Waals surface area contributed by atoms with E-state index in [0.29, 0.717) is 0 Å². The Bertz CT molecular complexity index is 410. The van der Waals surface area contributed by atoms with Crippen molar-refractivity contribution < 1.29 is 0 Å². The molecule has 0 aliphatic heterocycles. The Hall–Kier alpha value is -1.98. The van der Waals surface area contributed by atoms with Crippen LogP contribution in [-0.4, -0.2) is 24.7 Å². The van der Waals surface area contributed by atoms with Crippen molar-refractivity contribution >= 4 is 5.95 Å². The Balaban J connectivity index is 2.32. The smallest absolute Gasteiger partial charge is 0.220 e. The zero-order valence-corrected chi connectivity index (χ0v) is 7.70. The van der Waals surface area contributed by atoms with Gasteiger partial charge in [0.05, 0.1) is 11.7 Å². The minimum absolute atomic E-state index is 0.0165. The molecular weight excluding hydrogens is 180 g/mol. The lowest BCUT2D eigenvalue weighted by molar-refractivity contribution is 0.549. The van der Waals surface area contributed by atoms with E-state index >= 15 is 0 Å². The van der Waals surface area contributed by atoms with Crippen LogP contribution in [0.1, 0.15) is 18.7 Å². The van der Waals surface area contributed by atoms with Crippen molar-refractivity contribution in [3.8, 4) is 0 Å². The van der Waals surface area contributed by atoms with Crippen LogP contribution >= 0.6 is 0 Å². The summed E-state index contributed by atoms with van der Waals surface area (Å²) in [5.74, 6) is 0.273. The number of hydrogen-bond acceptors (Lipinski definition) is 5. The van der Waals surface area contributed by atoms with E-state index in [4.69, 9.17) is 5.73 Å². The fourth-order valence-corrected chi connectivity index (χ4v) is 1.17. The molecule has 0 saturated carbocycles. The summed E-state index contributed by atoms with van der Waals surface area (Å²) < 4.78 is 1.71. The van der Waals surface area contributed by atoms with Gasteiger partial charge in [0, 0.05) is 6.20 Å². The van der Waals surface area contributed by atoms with Gasteiger partial charge in [0.1, 0.15) is 12.7 Å². The van der Waals surface area contributed by atoms with Crippen molar-refractivity contribution in [3.63, 3.8) is 0 Å². The number of hydrogen-bond donors (Lipinski definition) is 1. The van der Waals surface area contributed by atoms with Crippen molar-refractivity contribution in [1.82, 2.24) is 24.7 Å². The molecule has 0 bridgehead atoms. The SMILES string of the molecule is C[C@H](c1ccnc(N)n1)n1cncn1. The topological polar surface area (TPSA) is 82.5 Å². The van der Waals surface area contributed by atoms with Crippen LogP contribution in [0.5, 0.6) is 0 Å². The fourth-order valence-electron chi connectivity index (χ4n) is 1.17. The average Bonchev–Trinajstić information content (AvgIpc) is 2.69. The Kier molecular flexibility index (Phi) is 2.10. The molecule has 0 unspecified atom stereocenters. The highest BCUT2D eigenvalue weighted by molar-refractivity contribution is 5.19. The fraction of sp³-hybridized carbons (Fsp3) is 0.250. The lowest BCUT2D eigenvalue weighted by Gasteiger charge is -2.10. The first-order chi connectivity index (χ1) is 6.77. The van der Waals surface area contributed by atoms with Crippen LogP contribution in [-0.2, 0) is 0 Å². The number of nitrogen functional groups attached to an aromatic ring is 1. The third kappa shape index (κ3) is 1.54. The number of nitrogens with zero attached hydrogens (tertiary/aromatic N) is 5. The third-order valence-corrected chi connectivity index (χ3v) is 1.96. The van der Waals surface area contributed by atoms with E-state index in [-0.39, 0.29) is 12.0 Å². The molecular formula is C8H10N6. The molecule has 0 aliphatic carbocycles. The predicted octanol–water partition coefficient (Wildman–Crippen LogP) is 0.260. The molecule has 2 rings (SSSR count). The molecule has 0 aliphatic rings. The highest BCUT2D eigenvalue weighted by Crippen LogP contribution is 2.13. The Labute approximate surface area is 80.8 Å². The molecule has 2 aromatic rings. The van der Waals surface area contributed by atoms with Crippen LogP contribution in [0.15, 0.2) is 24.9 Å². The lowest BCUT2D eigenvalue weighted by Crippen LogP contribution is -2.10. The number of aromatic nitrogens is 5. The summed E-state index contributed by atoms with van der Waals surface area (Å²) in [4.78, 5) is 11.8. The second-order valence-electron chi connectivity index (χ2n) is 2.89. The summed E-state index contributed by atoms with van der Waals surface area (Å²) in [6.45, 7) is 1.97. The molecule has 14 heavy (non-hydrogen) atoms. The van der Waals surface area contributed by atoms with Crippen molar-refractivity contribution in [1.29, 1.82) is 0 Å². The molecule has 6 nitrogen and oxygen atoms in total. The zero-order chi connectivity index (χ0) is 9.97. The van der Waals surface area contributed by atoms with Crippen molar-refractivity contribution in [2.75, 3.05) is 5.73 Å². The van der Waals surface area contributed by atoms with Gasteiger partial charge in [0.15, 0.2) is 0 Å². The predicted molar refractivity (Wildman–Crippen MR) is 50.3 cm³/mol. The summed E-state index contributed by atoms with van der Waals surface area (Å²) in [5, 5.41) is 4.03. The van der Waals surface area contributed by atoms with Gasteiger partial charge in [-0.1, -0.05) is 0 Å². The maximum absolute atomic E-state index is 5.48. The highest BCUT2D eigenvalue weighted by atomic mass is 15.3. The second-order valence-corrected chi connectivity index (χ2v) is 2.89. The molecule has 2 N–H and O–H groups in total. The largest absolute Gasteiger partial charge is 0.368 e. The monoisotopic (exact) mass is 190 g/mol. The van der Waals surface area contributed by atoms with Gasteiger partial charge in [-0.05, 0) is 13.0 Å². The van der Waals surface area contributed by atoms with Crippen LogP contribution in [0.2, 0.25) is 0 Å². The summed E-state index contributed by atoms with van der Waals surface area (Å²) >= 11 is 0. The van der Waals surface area contributed by atoms with Gasteiger partial charge in [-0.15, -0.1) is 0 Å². The molecule has 0 radical (unpaired) electrons. The molecule has 2 heterocycles. The normalized spacial score (nSPS) is 12.6. The molecule has 2 aromatic heterocycles. The molecule has 0 fully saturated rings. The zero-order valence-electron chi connectivity index (χ0n) is 7.70. The summed E-state index contributed by atoms with van der Waals surface area (Å²) in [5.41, 5.74) is 6.30. The quantitative estimate of drug-likeness (QED) is 0.734. The molecule has 0 spiro atoms. The van der Waals surface area contributed by atoms with E-state index in [0.717, 1.165) is 5.69 Å². The number of nitrogens with two attached hydrogens (primary N) is 1. The molecule has 0 saturated heterocycles. The van der Waals surface area contributed by atoms with Crippen LogP contribution in [0.4, 0.5) is 5.95 Å². The molecule has 0 amide bonds. The van der Waals surface area contributed by atoms with Crippen molar-refractivity contribution in [2.45, 2.75) is 13.0 Å². The van der Waals surface area contributed by atoms with E-state index in [2.05, 4.69) is 20.1 Å². The first kappa shape index (κ1) is 8.61. The van der Waals surface area contributed by atoms with E-state index in [1.807, 2.05) is 13.0 Å². The standard InChI is InChI=1S/C8H10N6/c1-6(14-5-10-4-12-14)7-2-3-11-8(9)13-7/h2-6H,1H3,(H2,9,11,13)/t6-/m1/s1. The first-order valence-electron chi connectivity index (χ1n) is 4.20. The van der Waals surface area contributed by atoms with Gasteiger partial charge in [0.25, 0.3) is 0 Å². The van der Waals surface area contributed by atoms with Gasteiger partial charge < -0.3 is 5.73 Å². The maximum atomic E-state index is 5.48. The van der Waals surface area contributed by atoms with E-state index in [1.165, 1.54) is 6.33 Å². The van der Waals surface area contributed by atoms with Crippen LogP contribution in [0.25, 0.3) is 0 Å². The van der Waals surface area contributed by atoms with E-state index in [9.17, 15) is 0 Å². The molecule has 6 heteroatoms. The van der Waals surface area contributed by atoms with Crippen LogP contribution < -0.4 is 5.73 Å². The summed E-state index contributed by atoms with van der Waals surface area (Å²) in [6, 6.07) is 1.82. The highest BCUT2D eigenvalue weighted by Gasteiger charge is 2.09.